The van der Waals surface area contributed by atoms with Crippen LogP contribution >= 0.6 is 11.3 Å². The standard InChI is InChI=1S/C20H20N4O3S/c1-12-7-8-16(26-4)17-18(12)28-20(21-17)24(11-14-6-5-9-27-14)19(25)15-10-13(2)23(3)22-15/h5-10H,11H2,1-4H3. The number of thiazole rings is 1. The van der Waals surface area contributed by atoms with Crippen LogP contribution < -0.4 is 9.64 Å². The van der Waals surface area contributed by atoms with E-state index in [1.807, 2.05) is 39.1 Å². The summed E-state index contributed by atoms with van der Waals surface area (Å²) in [5, 5.41) is 4.91. The average Bonchev–Trinajstić information content (AvgIpc) is 3.41. The quantitative estimate of drug-likeness (QED) is 0.508. The number of rotatable bonds is 5. The first kappa shape index (κ1) is 18.2. The molecule has 144 valence electrons. The number of aryl methyl sites for hydroxylation is 3. The van der Waals surface area contributed by atoms with Crippen molar-refractivity contribution in [2.75, 3.05) is 12.0 Å². The highest BCUT2D eigenvalue weighted by molar-refractivity contribution is 7.22. The molecule has 0 aliphatic rings. The maximum atomic E-state index is 13.3. The van der Waals surface area contributed by atoms with Crippen LogP contribution in [0.25, 0.3) is 10.2 Å². The van der Waals surface area contributed by atoms with Gasteiger partial charge in [0.2, 0.25) is 0 Å². The van der Waals surface area contributed by atoms with Crippen molar-refractivity contribution >= 4 is 32.6 Å². The number of aromatic nitrogens is 3. The normalized spacial score (nSPS) is 11.1. The van der Waals surface area contributed by atoms with Crippen molar-refractivity contribution in [2.24, 2.45) is 7.05 Å². The van der Waals surface area contributed by atoms with E-state index in [0.717, 1.165) is 21.5 Å². The minimum Gasteiger partial charge on any atom is -0.494 e. The Balaban J connectivity index is 1.82. The minimum atomic E-state index is -0.226. The van der Waals surface area contributed by atoms with Gasteiger partial charge in [0.1, 0.15) is 17.0 Å². The summed E-state index contributed by atoms with van der Waals surface area (Å²) in [7, 11) is 3.43. The van der Waals surface area contributed by atoms with Crippen molar-refractivity contribution in [1.82, 2.24) is 14.8 Å². The fourth-order valence-corrected chi connectivity index (χ4v) is 4.02. The van der Waals surface area contributed by atoms with Crippen molar-refractivity contribution in [3.63, 3.8) is 0 Å². The van der Waals surface area contributed by atoms with Crippen molar-refractivity contribution < 1.29 is 13.9 Å². The molecule has 1 aromatic carbocycles. The summed E-state index contributed by atoms with van der Waals surface area (Å²) in [4.78, 5) is 19.6. The van der Waals surface area contributed by atoms with Gasteiger partial charge in [-0.15, -0.1) is 0 Å². The van der Waals surface area contributed by atoms with Gasteiger partial charge >= 0.3 is 0 Å². The predicted octanol–water partition coefficient (Wildman–Crippen LogP) is 4.10. The van der Waals surface area contributed by atoms with E-state index in [2.05, 4.69) is 5.10 Å². The highest BCUT2D eigenvalue weighted by atomic mass is 32.1. The number of furan rings is 1. The number of hydrogen-bond donors (Lipinski definition) is 0. The Hall–Kier alpha value is -3.13. The van der Waals surface area contributed by atoms with E-state index in [9.17, 15) is 4.79 Å². The molecule has 0 atom stereocenters. The molecule has 0 N–H and O–H groups in total. The number of hydrogen-bond acceptors (Lipinski definition) is 6. The molecular weight excluding hydrogens is 376 g/mol. The van der Waals surface area contributed by atoms with E-state index < -0.39 is 0 Å². The molecule has 0 saturated heterocycles. The minimum absolute atomic E-state index is 0.226. The number of amides is 1. The van der Waals surface area contributed by atoms with Gasteiger partial charge in [0.15, 0.2) is 10.8 Å². The topological polar surface area (TPSA) is 73.4 Å². The third-order valence-corrected chi connectivity index (χ3v) is 5.83. The third-order valence-electron chi connectivity index (χ3n) is 4.62. The number of ether oxygens (including phenoxy) is 1. The van der Waals surface area contributed by atoms with Gasteiger partial charge in [-0.25, -0.2) is 4.98 Å². The first-order valence-electron chi connectivity index (χ1n) is 8.77. The molecule has 4 rings (SSSR count). The number of nitrogens with zero attached hydrogens (tertiary/aromatic N) is 4. The summed E-state index contributed by atoms with van der Waals surface area (Å²) in [5.74, 6) is 1.13. The summed E-state index contributed by atoms with van der Waals surface area (Å²) < 4.78 is 13.6. The third kappa shape index (κ3) is 3.16. The Morgan fingerprint density at radius 1 is 1.32 bits per heavy atom. The molecule has 3 aromatic heterocycles. The van der Waals surface area contributed by atoms with E-state index in [0.29, 0.717) is 22.3 Å². The summed E-state index contributed by atoms with van der Waals surface area (Å²) in [6.07, 6.45) is 1.59. The average molecular weight is 396 g/mol. The predicted molar refractivity (Wildman–Crippen MR) is 108 cm³/mol. The Labute approximate surface area is 166 Å². The number of anilines is 1. The van der Waals surface area contributed by atoms with E-state index in [4.69, 9.17) is 14.1 Å². The molecule has 0 radical (unpaired) electrons. The smallest absolute Gasteiger partial charge is 0.280 e. The Bertz CT molecular complexity index is 1120. The fraction of sp³-hybridized carbons (Fsp3) is 0.250. The number of fused-ring (bicyclic) bond motifs is 1. The molecule has 28 heavy (non-hydrogen) atoms. The van der Waals surface area contributed by atoms with Crippen LogP contribution in [0.15, 0.2) is 41.0 Å². The van der Waals surface area contributed by atoms with Crippen LogP contribution in [-0.2, 0) is 13.6 Å². The maximum Gasteiger partial charge on any atom is 0.280 e. The molecule has 1 amide bonds. The molecule has 3 heterocycles. The lowest BCUT2D eigenvalue weighted by atomic mass is 10.2. The molecule has 0 bridgehead atoms. The highest BCUT2D eigenvalue weighted by Crippen LogP contribution is 2.37. The van der Waals surface area contributed by atoms with E-state index in [1.165, 1.54) is 11.3 Å². The largest absolute Gasteiger partial charge is 0.494 e. The maximum absolute atomic E-state index is 13.3. The first-order valence-corrected chi connectivity index (χ1v) is 9.58. The van der Waals surface area contributed by atoms with E-state index in [1.54, 1.807) is 35.1 Å². The number of benzene rings is 1. The van der Waals surface area contributed by atoms with Gasteiger partial charge in [-0.2, -0.15) is 5.10 Å². The van der Waals surface area contributed by atoms with Gasteiger partial charge in [-0.05, 0) is 43.7 Å². The summed E-state index contributed by atoms with van der Waals surface area (Å²) in [6, 6.07) is 9.29. The molecule has 0 fully saturated rings. The molecule has 8 heteroatoms. The Morgan fingerprint density at radius 3 is 2.79 bits per heavy atom. The zero-order valence-electron chi connectivity index (χ0n) is 16.1. The van der Waals surface area contributed by atoms with Gasteiger partial charge < -0.3 is 9.15 Å². The summed E-state index contributed by atoms with van der Waals surface area (Å²) >= 11 is 1.46. The van der Waals surface area contributed by atoms with E-state index >= 15 is 0 Å². The van der Waals surface area contributed by atoms with Crippen molar-refractivity contribution in [3.8, 4) is 5.75 Å². The Morgan fingerprint density at radius 2 is 2.14 bits per heavy atom. The van der Waals surface area contributed by atoms with Gasteiger partial charge in [0.25, 0.3) is 5.91 Å². The monoisotopic (exact) mass is 396 g/mol. The van der Waals surface area contributed by atoms with Gasteiger partial charge in [-0.3, -0.25) is 14.4 Å². The molecule has 0 unspecified atom stereocenters. The fourth-order valence-electron chi connectivity index (χ4n) is 2.97. The molecule has 0 aliphatic carbocycles. The molecule has 0 aliphatic heterocycles. The van der Waals surface area contributed by atoms with Crippen LogP contribution in [-0.4, -0.2) is 27.8 Å². The zero-order chi connectivity index (χ0) is 19.8. The van der Waals surface area contributed by atoms with Crippen LogP contribution in [0, 0.1) is 13.8 Å². The van der Waals surface area contributed by atoms with Crippen molar-refractivity contribution in [3.05, 3.63) is 59.3 Å². The van der Waals surface area contributed by atoms with Crippen LogP contribution in [0.2, 0.25) is 0 Å². The molecule has 0 spiro atoms. The molecule has 7 nitrogen and oxygen atoms in total. The van der Waals surface area contributed by atoms with Crippen LogP contribution in [0.4, 0.5) is 5.13 Å². The second-order valence-corrected chi connectivity index (χ2v) is 7.50. The lowest BCUT2D eigenvalue weighted by molar-refractivity contribution is 0.0977. The zero-order valence-corrected chi connectivity index (χ0v) is 16.9. The molecule has 0 saturated carbocycles. The van der Waals surface area contributed by atoms with Crippen LogP contribution in [0.1, 0.15) is 27.5 Å². The summed E-state index contributed by atoms with van der Waals surface area (Å²) in [5.41, 5.74) is 3.10. The lowest BCUT2D eigenvalue weighted by Gasteiger charge is -2.17. The van der Waals surface area contributed by atoms with Crippen LogP contribution in [0.3, 0.4) is 0 Å². The second kappa shape index (κ2) is 7.12. The molecule has 4 aromatic rings. The van der Waals surface area contributed by atoms with E-state index in [-0.39, 0.29) is 12.5 Å². The number of methoxy groups -OCH3 is 1. The molecular formula is C20H20N4O3S. The number of carbonyl (C=O) groups is 1. The number of carbonyl (C=O) groups excluding carboxylic acids is 1. The lowest BCUT2D eigenvalue weighted by Crippen LogP contribution is -2.30. The van der Waals surface area contributed by atoms with Crippen molar-refractivity contribution in [1.29, 1.82) is 0 Å². The van der Waals surface area contributed by atoms with Crippen LogP contribution in [0.5, 0.6) is 5.75 Å². The van der Waals surface area contributed by atoms with Gasteiger partial charge in [-0.1, -0.05) is 17.4 Å². The van der Waals surface area contributed by atoms with Gasteiger partial charge in [0, 0.05) is 12.7 Å². The van der Waals surface area contributed by atoms with Crippen molar-refractivity contribution in [2.45, 2.75) is 20.4 Å². The summed E-state index contributed by atoms with van der Waals surface area (Å²) in [6.45, 7) is 4.19. The first-order chi connectivity index (χ1) is 13.5. The highest BCUT2D eigenvalue weighted by Gasteiger charge is 2.26. The van der Waals surface area contributed by atoms with Gasteiger partial charge in [0.05, 0.1) is 24.6 Å². The second-order valence-electron chi connectivity index (χ2n) is 6.52. The Kier molecular flexibility index (Phi) is 4.64. The SMILES string of the molecule is COc1ccc(C)c2sc(N(Cc3ccco3)C(=O)c3cc(C)n(C)n3)nc12.